The van der Waals surface area contributed by atoms with Crippen LogP contribution < -0.4 is 0 Å². The lowest BCUT2D eigenvalue weighted by Crippen LogP contribution is -2.51. The molecule has 4 aromatic carbocycles. The van der Waals surface area contributed by atoms with Gasteiger partial charge in [-0.1, -0.05) is 112 Å². The standard InChI is InChI=1S/C38H38O4/c1-3-5-15-25-17-7-9-19-27(25)37(39)41-35-33-29-21-11-13-23-31(29)34(32-24-14-12-22-30(32)33)36(35)42-38(40)28-20-10-8-18-26(28)16-6-4-2/h7-14,17-24,33-36H,3-6,15-16H2,1-2H3. The van der Waals surface area contributed by atoms with E-state index in [0.29, 0.717) is 11.1 Å². The zero-order valence-electron chi connectivity index (χ0n) is 24.4. The maximum Gasteiger partial charge on any atom is 0.338 e. The zero-order chi connectivity index (χ0) is 29.1. The fraction of sp³-hybridized carbons (Fsp3) is 0.316. The molecule has 0 fully saturated rings. The van der Waals surface area contributed by atoms with E-state index in [-0.39, 0.29) is 23.8 Å². The fourth-order valence-corrected chi connectivity index (χ4v) is 6.83. The summed E-state index contributed by atoms with van der Waals surface area (Å²) in [7, 11) is 0. The molecular weight excluding hydrogens is 520 g/mol. The molecule has 0 amide bonds. The number of hydrogen-bond acceptors (Lipinski definition) is 4. The van der Waals surface area contributed by atoms with Crippen LogP contribution in [0.1, 0.15) is 105 Å². The summed E-state index contributed by atoms with van der Waals surface area (Å²) in [5, 5.41) is 0. The van der Waals surface area contributed by atoms with Gasteiger partial charge in [-0.25, -0.2) is 9.59 Å². The summed E-state index contributed by atoms with van der Waals surface area (Å²) in [5.41, 5.74) is 7.69. The van der Waals surface area contributed by atoms with Crippen molar-refractivity contribution in [1.29, 1.82) is 0 Å². The van der Waals surface area contributed by atoms with Crippen molar-refractivity contribution in [3.05, 3.63) is 142 Å². The molecule has 0 aromatic heterocycles. The van der Waals surface area contributed by atoms with Crippen LogP contribution in [-0.4, -0.2) is 24.1 Å². The van der Waals surface area contributed by atoms with Gasteiger partial charge in [0.15, 0.2) is 12.2 Å². The van der Waals surface area contributed by atoms with Gasteiger partial charge in [0.05, 0.1) is 23.0 Å². The van der Waals surface area contributed by atoms with Crippen LogP contribution in [0.5, 0.6) is 0 Å². The number of esters is 2. The summed E-state index contributed by atoms with van der Waals surface area (Å²) in [5.74, 6) is -1.19. The summed E-state index contributed by atoms with van der Waals surface area (Å²) in [6.45, 7) is 4.29. The number of carbonyl (C=O) groups is 2. The highest BCUT2D eigenvalue weighted by Crippen LogP contribution is 2.55. The lowest BCUT2D eigenvalue weighted by molar-refractivity contribution is -0.0558. The van der Waals surface area contributed by atoms with Crippen LogP contribution in [0.15, 0.2) is 97.1 Å². The molecule has 3 aliphatic rings. The van der Waals surface area contributed by atoms with Gasteiger partial charge in [0.1, 0.15) is 0 Å². The first-order chi connectivity index (χ1) is 20.6. The second-order valence-electron chi connectivity index (χ2n) is 11.5. The van der Waals surface area contributed by atoms with Crippen LogP contribution in [0, 0.1) is 0 Å². The quantitative estimate of drug-likeness (QED) is 0.183. The van der Waals surface area contributed by atoms with E-state index in [9.17, 15) is 9.59 Å². The van der Waals surface area contributed by atoms with Crippen molar-refractivity contribution in [2.45, 2.75) is 76.4 Å². The van der Waals surface area contributed by atoms with Crippen molar-refractivity contribution in [3.8, 4) is 0 Å². The molecule has 2 unspecified atom stereocenters. The normalized spacial score (nSPS) is 20.0. The first kappa shape index (κ1) is 28.0. The Balaban J connectivity index is 1.41. The van der Waals surface area contributed by atoms with Crippen LogP contribution in [0.3, 0.4) is 0 Å². The molecule has 7 rings (SSSR count). The van der Waals surface area contributed by atoms with E-state index in [0.717, 1.165) is 71.9 Å². The Hall–Kier alpha value is -4.18. The predicted molar refractivity (Wildman–Crippen MR) is 165 cm³/mol. The molecule has 2 atom stereocenters. The molecule has 3 aliphatic carbocycles. The first-order valence-corrected chi connectivity index (χ1v) is 15.4. The number of rotatable bonds is 10. The van der Waals surface area contributed by atoms with Gasteiger partial charge >= 0.3 is 11.9 Å². The molecule has 42 heavy (non-hydrogen) atoms. The van der Waals surface area contributed by atoms with Gasteiger partial charge in [-0.15, -0.1) is 0 Å². The molecule has 0 radical (unpaired) electrons. The highest BCUT2D eigenvalue weighted by Gasteiger charge is 2.53. The minimum absolute atomic E-state index is 0.234. The molecule has 0 aliphatic heterocycles. The molecule has 4 aromatic rings. The Bertz CT molecular complexity index is 1420. The molecule has 4 nitrogen and oxygen atoms in total. The number of hydrogen-bond donors (Lipinski definition) is 0. The van der Waals surface area contributed by atoms with Gasteiger partial charge in [0.2, 0.25) is 0 Å². The topological polar surface area (TPSA) is 52.6 Å². The van der Waals surface area contributed by atoms with E-state index >= 15 is 0 Å². The average molecular weight is 559 g/mol. The third kappa shape index (κ3) is 5.15. The first-order valence-electron chi connectivity index (χ1n) is 15.4. The number of aryl methyl sites for hydroxylation is 2. The maximum absolute atomic E-state index is 13.9. The summed E-state index contributed by atoms with van der Waals surface area (Å²) in [6, 6.07) is 32.0. The van der Waals surface area contributed by atoms with Crippen molar-refractivity contribution < 1.29 is 19.1 Å². The number of fused-ring (bicyclic) bond motifs is 1. The van der Waals surface area contributed by atoms with Crippen molar-refractivity contribution in [1.82, 2.24) is 0 Å². The molecule has 214 valence electrons. The Morgan fingerprint density at radius 2 is 0.857 bits per heavy atom. The highest BCUT2D eigenvalue weighted by molar-refractivity contribution is 5.92. The monoisotopic (exact) mass is 558 g/mol. The van der Waals surface area contributed by atoms with Crippen LogP contribution in [-0.2, 0) is 22.3 Å². The van der Waals surface area contributed by atoms with Crippen LogP contribution >= 0.6 is 0 Å². The Morgan fingerprint density at radius 1 is 0.524 bits per heavy atom. The number of benzene rings is 4. The van der Waals surface area contributed by atoms with Crippen LogP contribution in [0.25, 0.3) is 0 Å². The van der Waals surface area contributed by atoms with Gasteiger partial charge in [-0.3, -0.25) is 0 Å². The van der Waals surface area contributed by atoms with Gasteiger partial charge in [-0.05, 0) is 71.2 Å². The molecule has 2 bridgehead atoms. The molecule has 4 heteroatoms. The van der Waals surface area contributed by atoms with E-state index in [4.69, 9.17) is 9.47 Å². The lowest BCUT2D eigenvalue weighted by atomic mass is 9.61. The predicted octanol–water partition coefficient (Wildman–Crippen LogP) is 8.41. The Labute approximate surface area is 248 Å². The van der Waals surface area contributed by atoms with Crippen LogP contribution in [0.2, 0.25) is 0 Å². The number of unbranched alkanes of at least 4 members (excludes halogenated alkanes) is 2. The number of carbonyl (C=O) groups excluding carboxylic acids is 2. The minimum Gasteiger partial charge on any atom is -0.454 e. The zero-order valence-corrected chi connectivity index (χ0v) is 24.4. The second kappa shape index (κ2) is 12.4. The van der Waals surface area contributed by atoms with Crippen molar-refractivity contribution in [2.75, 3.05) is 0 Å². The largest absolute Gasteiger partial charge is 0.454 e. The van der Waals surface area contributed by atoms with Gasteiger partial charge in [0.25, 0.3) is 0 Å². The smallest absolute Gasteiger partial charge is 0.338 e. The van der Waals surface area contributed by atoms with Crippen molar-refractivity contribution >= 4 is 11.9 Å². The van der Waals surface area contributed by atoms with Crippen molar-refractivity contribution in [3.63, 3.8) is 0 Å². The second-order valence-corrected chi connectivity index (χ2v) is 11.5. The molecule has 0 saturated carbocycles. The fourth-order valence-electron chi connectivity index (χ4n) is 6.83. The Morgan fingerprint density at radius 3 is 1.21 bits per heavy atom. The minimum atomic E-state index is -0.654. The van der Waals surface area contributed by atoms with E-state index in [1.54, 1.807) is 0 Å². The SMILES string of the molecule is CCCCc1ccccc1C(=O)OC1C2c3ccccc3C(c3ccccc32)C1OC(=O)c1ccccc1CCCC. The van der Waals surface area contributed by atoms with Crippen molar-refractivity contribution in [2.24, 2.45) is 0 Å². The van der Waals surface area contributed by atoms with Gasteiger partial charge in [-0.2, -0.15) is 0 Å². The summed E-state index contributed by atoms with van der Waals surface area (Å²) >= 11 is 0. The molecule has 0 N–H and O–H groups in total. The van der Waals surface area contributed by atoms with Crippen LogP contribution in [0.4, 0.5) is 0 Å². The van der Waals surface area contributed by atoms with E-state index in [1.165, 1.54) is 0 Å². The third-order valence-electron chi connectivity index (χ3n) is 8.87. The lowest BCUT2D eigenvalue weighted by Gasteiger charge is -2.49. The van der Waals surface area contributed by atoms with Gasteiger partial charge in [0, 0.05) is 0 Å². The number of ether oxygens (including phenoxy) is 2. The van der Waals surface area contributed by atoms with E-state index in [1.807, 2.05) is 72.8 Å². The molecule has 0 heterocycles. The highest BCUT2D eigenvalue weighted by atomic mass is 16.6. The maximum atomic E-state index is 13.9. The van der Waals surface area contributed by atoms with E-state index in [2.05, 4.69) is 38.1 Å². The van der Waals surface area contributed by atoms with Gasteiger partial charge < -0.3 is 9.47 Å². The Kier molecular flexibility index (Phi) is 8.23. The molecule has 0 saturated heterocycles. The average Bonchev–Trinajstić information content (AvgIpc) is 3.03. The summed E-state index contributed by atoms with van der Waals surface area (Å²) < 4.78 is 12.9. The summed E-state index contributed by atoms with van der Waals surface area (Å²) in [4.78, 5) is 27.8. The molecule has 0 spiro atoms. The summed E-state index contributed by atoms with van der Waals surface area (Å²) in [6.07, 6.45) is 4.40. The molecular formula is C38H38O4. The van der Waals surface area contributed by atoms with E-state index < -0.39 is 12.2 Å². The third-order valence-corrected chi connectivity index (χ3v) is 8.87.